The quantitative estimate of drug-likeness (QED) is 0.771. The largest absolute Gasteiger partial charge is 0.368 e. The van der Waals surface area contributed by atoms with Crippen LogP contribution in [0.15, 0.2) is 10.7 Å². The Morgan fingerprint density at radius 2 is 2.11 bits per heavy atom. The molecule has 0 saturated carbocycles. The summed E-state index contributed by atoms with van der Waals surface area (Å²) in [6.07, 6.45) is 2.94. The second kappa shape index (κ2) is 8.26. The van der Waals surface area contributed by atoms with Crippen molar-refractivity contribution in [3.63, 3.8) is 0 Å². The summed E-state index contributed by atoms with van der Waals surface area (Å²) in [7, 11) is 1.81. The molecule has 0 unspecified atom stereocenters. The Hall–Kier alpha value is -0.880. The number of hydrogen-bond donors (Lipinski definition) is 2. The molecule has 0 aliphatic heterocycles. The van der Waals surface area contributed by atoms with Crippen LogP contribution in [0.1, 0.15) is 20.3 Å². The second-order valence-corrected chi connectivity index (χ2v) is 4.86. The first-order valence-electron chi connectivity index (χ1n) is 6.37. The zero-order valence-corrected chi connectivity index (χ0v) is 12.9. The van der Waals surface area contributed by atoms with Gasteiger partial charge in [-0.15, -0.1) is 0 Å². The highest BCUT2D eigenvalue weighted by Gasteiger charge is 2.05. The fourth-order valence-electron chi connectivity index (χ4n) is 1.69. The first-order chi connectivity index (χ1) is 8.71. The molecular formula is C12H22BrN5. The van der Waals surface area contributed by atoms with Crippen molar-refractivity contribution in [2.24, 2.45) is 0 Å². The Morgan fingerprint density at radius 3 is 2.72 bits per heavy atom. The minimum atomic E-state index is 0.626. The van der Waals surface area contributed by atoms with Gasteiger partial charge in [0.1, 0.15) is 5.82 Å². The molecule has 1 rings (SSSR count). The molecule has 0 amide bonds. The third kappa shape index (κ3) is 4.78. The Kier molecular flexibility index (Phi) is 6.97. The summed E-state index contributed by atoms with van der Waals surface area (Å²) >= 11 is 3.45. The van der Waals surface area contributed by atoms with E-state index in [0.29, 0.717) is 5.95 Å². The van der Waals surface area contributed by atoms with Crippen LogP contribution in [-0.4, -0.2) is 48.1 Å². The second-order valence-electron chi connectivity index (χ2n) is 4.00. The lowest BCUT2D eigenvalue weighted by Crippen LogP contribution is -2.29. The Bertz CT molecular complexity index is 358. The summed E-state index contributed by atoms with van der Waals surface area (Å²) < 4.78 is 0.889. The van der Waals surface area contributed by atoms with E-state index in [1.807, 2.05) is 7.05 Å². The number of nitrogens with one attached hydrogen (secondary N) is 2. The topological polar surface area (TPSA) is 53.1 Å². The predicted octanol–water partition coefficient (Wildman–Crippen LogP) is 2.42. The van der Waals surface area contributed by atoms with Crippen LogP contribution in [-0.2, 0) is 0 Å². The lowest BCUT2D eigenvalue weighted by Gasteiger charge is -2.19. The van der Waals surface area contributed by atoms with Gasteiger partial charge >= 0.3 is 0 Å². The fraction of sp³-hybridized carbons (Fsp3) is 0.667. The molecule has 0 bridgehead atoms. The van der Waals surface area contributed by atoms with Crippen molar-refractivity contribution >= 4 is 27.7 Å². The van der Waals surface area contributed by atoms with Crippen LogP contribution in [0.25, 0.3) is 0 Å². The molecule has 18 heavy (non-hydrogen) atoms. The summed E-state index contributed by atoms with van der Waals surface area (Å²) in [5.74, 6) is 1.46. The van der Waals surface area contributed by atoms with Crippen molar-refractivity contribution in [1.82, 2.24) is 14.9 Å². The van der Waals surface area contributed by atoms with Crippen LogP contribution in [0.3, 0.4) is 0 Å². The van der Waals surface area contributed by atoms with Gasteiger partial charge in [-0.3, -0.25) is 0 Å². The van der Waals surface area contributed by atoms with E-state index in [2.05, 4.69) is 55.3 Å². The van der Waals surface area contributed by atoms with Crippen molar-refractivity contribution in [3.8, 4) is 0 Å². The molecular weight excluding hydrogens is 294 g/mol. The molecule has 0 radical (unpaired) electrons. The molecule has 0 aromatic carbocycles. The SMILES string of the molecule is CCCN(CC)CCNc1nc(NC)ncc1Br. The summed E-state index contributed by atoms with van der Waals surface area (Å²) in [5.41, 5.74) is 0. The Balaban J connectivity index is 2.47. The Morgan fingerprint density at radius 1 is 1.33 bits per heavy atom. The molecule has 0 spiro atoms. The van der Waals surface area contributed by atoms with Gasteiger partial charge in [-0.05, 0) is 35.4 Å². The summed E-state index contributed by atoms with van der Waals surface area (Å²) in [6.45, 7) is 8.53. The average molecular weight is 316 g/mol. The monoisotopic (exact) mass is 315 g/mol. The molecule has 1 aromatic rings. The van der Waals surface area contributed by atoms with Gasteiger partial charge in [-0.1, -0.05) is 13.8 Å². The Labute approximate surface area is 118 Å². The van der Waals surface area contributed by atoms with Crippen LogP contribution in [0.2, 0.25) is 0 Å². The standard InChI is InChI=1S/C12H22BrN5/c1-4-7-18(5-2)8-6-15-11-10(13)9-16-12(14-3)17-11/h9H,4-8H2,1-3H3,(H2,14,15,16,17). The lowest BCUT2D eigenvalue weighted by molar-refractivity contribution is 0.300. The van der Waals surface area contributed by atoms with E-state index in [1.54, 1.807) is 6.20 Å². The highest BCUT2D eigenvalue weighted by molar-refractivity contribution is 9.10. The maximum atomic E-state index is 4.36. The summed E-state index contributed by atoms with van der Waals surface area (Å²) in [5, 5.41) is 6.26. The van der Waals surface area contributed by atoms with Crippen LogP contribution < -0.4 is 10.6 Å². The first-order valence-corrected chi connectivity index (χ1v) is 7.17. The maximum absolute atomic E-state index is 4.36. The van der Waals surface area contributed by atoms with E-state index in [-0.39, 0.29) is 0 Å². The summed E-state index contributed by atoms with van der Waals surface area (Å²) in [4.78, 5) is 10.9. The van der Waals surface area contributed by atoms with Gasteiger partial charge in [0.2, 0.25) is 5.95 Å². The van der Waals surface area contributed by atoms with Crippen LogP contribution >= 0.6 is 15.9 Å². The van der Waals surface area contributed by atoms with Crippen molar-refractivity contribution in [3.05, 3.63) is 10.7 Å². The van der Waals surface area contributed by atoms with Gasteiger partial charge < -0.3 is 15.5 Å². The number of halogens is 1. The number of hydrogen-bond acceptors (Lipinski definition) is 5. The molecule has 0 fully saturated rings. The average Bonchev–Trinajstić information content (AvgIpc) is 2.39. The molecule has 0 aliphatic carbocycles. The third-order valence-corrected chi connectivity index (χ3v) is 3.26. The molecule has 2 N–H and O–H groups in total. The molecule has 0 aliphatic rings. The van der Waals surface area contributed by atoms with Crippen molar-refractivity contribution in [2.75, 3.05) is 43.9 Å². The minimum Gasteiger partial charge on any atom is -0.368 e. The number of rotatable bonds is 8. The van der Waals surface area contributed by atoms with Gasteiger partial charge in [0, 0.05) is 26.3 Å². The normalized spacial score (nSPS) is 10.7. The van der Waals surface area contributed by atoms with E-state index in [1.165, 1.54) is 6.42 Å². The molecule has 5 nitrogen and oxygen atoms in total. The van der Waals surface area contributed by atoms with Gasteiger partial charge in [-0.2, -0.15) is 4.98 Å². The van der Waals surface area contributed by atoms with E-state index in [4.69, 9.17) is 0 Å². The summed E-state index contributed by atoms with van der Waals surface area (Å²) in [6, 6.07) is 0. The van der Waals surface area contributed by atoms with E-state index >= 15 is 0 Å². The number of anilines is 2. The zero-order chi connectivity index (χ0) is 13.4. The van der Waals surface area contributed by atoms with Crippen molar-refractivity contribution in [1.29, 1.82) is 0 Å². The van der Waals surface area contributed by atoms with Crippen LogP contribution in [0.4, 0.5) is 11.8 Å². The molecule has 1 heterocycles. The first kappa shape index (κ1) is 15.2. The van der Waals surface area contributed by atoms with Crippen molar-refractivity contribution in [2.45, 2.75) is 20.3 Å². The highest BCUT2D eigenvalue weighted by Crippen LogP contribution is 2.19. The van der Waals surface area contributed by atoms with E-state index in [0.717, 1.165) is 36.5 Å². The molecule has 1 aromatic heterocycles. The van der Waals surface area contributed by atoms with Gasteiger partial charge in [0.25, 0.3) is 0 Å². The van der Waals surface area contributed by atoms with Crippen LogP contribution in [0, 0.1) is 0 Å². The molecule has 0 atom stereocenters. The van der Waals surface area contributed by atoms with Gasteiger partial charge in [0.05, 0.1) is 4.47 Å². The van der Waals surface area contributed by atoms with E-state index < -0.39 is 0 Å². The third-order valence-electron chi connectivity index (χ3n) is 2.68. The number of likely N-dealkylation sites (N-methyl/N-ethyl adjacent to an activating group) is 1. The van der Waals surface area contributed by atoms with Gasteiger partial charge in [0.15, 0.2) is 0 Å². The highest BCUT2D eigenvalue weighted by atomic mass is 79.9. The molecule has 6 heteroatoms. The van der Waals surface area contributed by atoms with E-state index in [9.17, 15) is 0 Å². The maximum Gasteiger partial charge on any atom is 0.224 e. The smallest absolute Gasteiger partial charge is 0.224 e. The lowest BCUT2D eigenvalue weighted by atomic mass is 10.4. The number of nitrogens with zero attached hydrogens (tertiary/aromatic N) is 3. The molecule has 102 valence electrons. The fourth-order valence-corrected chi connectivity index (χ4v) is 2.02. The molecule has 0 saturated heterocycles. The van der Waals surface area contributed by atoms with Gasteiger partial charge in [-0.25, -0.2) is 4.98 Å². The zero-order valence-electron chi connectivity index (χ0n) is 11.3. The van der Waals surface area contributed by atoms with Crippen LogP contribution in [0.5, 0.6) is 0 Å². The van der Waals surface area contributed by atoms with Crippen molar-refractivity contribution < 1.29 is 0 Å². The number of aromatic nitrogens is 2. The minimum absolute atomic E-state index is 0.626. The predicted molar refractivity (Wildman–Crippen MR) is 80.2 cm³/mol.